The lowest BCUT2D eigenvalue weighted by Gasteiger charge is -2.32. The number of carbonyl (C=O) groups excluding carboxylic acids is 2. The SMILES string of the molecule is C=O.CC(=O)C=CC1=C(C)CCCC1(C)C. The second kappa shape index (κ2) is 6.41. The minimum atomic E-state index is 0.131. The zero-order chi connectivity index (χ0) is 12.8. The monoisotopic (exact) mass is 222 g/mol. The molecule has 0 saturated heterocycles. The Hall–Kier alpha value is -1.18. The number of carbonyl (C=O) groups is 2. The van der Waals surface area contributed by atoms with Gasteiger partial charge in [0.1, 0.15) is 6.79 Å². The van der Waals surface area contributed by atoms with E-state index in [4.69, 9.17) is 4.79 Å². The van der Waals surface area contributed by atoms with Crippen LogP contribution in [0.15, 0.2) is 23.3 Å². The highest BCUT2D eigenvalue weighted by Gasteiger charge is 2.26. The second-order valence-corrected chi connectivity index (χ2v) is 4.88. The van der Waals surface area contributed by atoms with Crippen LogP contribution in [-0.4, -0.2) is 12.6 Å². The molecule has 2 nitrogen and oxygen atoms in total. The van der Waals surface area contributed by atoms with Crippen LogP contribution in [0, 0.1) is 5.41 Å². The first-order valence-electron chi connectivity index (χ1n) is 5.61. The smallest absolute Gasteiger partial charge is 0.152 e. The van der Waals surface area contributed by atoms with E-state index in [1.165, 1.54) is 30.4 Å². The summed E-state index contributed by atoms with van der Waals surface area (Å²) in [4.78, 5) is 18.9. The molecule has 0 radical (unpaired) electrons. The highest BCUT2D eigenvalue weighted by Crippen LogP contribution is 2.40. The van der Waals surface area contributed by atoms with E-state index in [1.54, 1.807) is 13.0 Å². The van der Waals surface area contributed by atoms with E-state index in [1.807, 2.05) is 12.9 Å². The summed E-state index contributed by atoms with van der Waals surface area (Å²) in [7, 11) is 0. The zero-order valence-corrected chi connectivity index (χ0v) is 10.8. The average molecular weight is 222 g/mol. The summed E-state index contributed by atoms with van der Waals surface area (Å²) in [5.41, 5.74) is 3.05. The van der Waals surface area contributed by atoms with Crippen molar-refractivity contribution < 1.29 is 9.59 Å². The molecular weight excluding hydrogens is 200 g/mol. The third-order valence-electron chi connectivity index (χ3n) is 3.03. The number of allylic oxidation sites excluding steroid dienone is 4. The van der Waals surface area contributed by atoms with Gasteiger partial charge in [0.05, 0.1) is 0 Å². The minimum Gasteiger partial charge on any atom is -0.307 e. The summed E-state index contributed by atoms with van der Waals surface area (Å²) >= 11 is 0. The predicted molar refractivity (Wildman–Crippen MR) is 67.3 cm³/mol. The summed E-state index contributed by atoms with van der Waals surface area (Å²) in [5, 5.41) is 0. The number of hydrogen-bond acceptors (Lipinski definition) is 2. The molecule has 2 heteroatoms. The second-order valence-electron chi connectivity index (χ2n) is 4.88. The highest BCUT2D eigenvalue weighted by molar-refractivity contribution is 5.87. The Morgan fingerprint density at radius 2 is 1.94 bits per heavy atom. The van der Waals surface area contributed by atoms with Crippen molar-refractivity contribution >= 4 is 12.6 Å². The van der Waals surface area contributed by atoms with Crippen molar-refractivity contribution in [2.45, 2.75) is 47.0 Å². The van der Waals surface area contributed by atoms with Gasteiger partial charge in [-0.2, -0.15) is 0 Å². The fourth-order valence-electron chi connectivity index (χ4n) is 2.21. The molecule has 1 aliphatic carbocycles. The van der Waals surface area contributed by atoms with E-state index in [2.05, 4.69) is 20.8 Å². The molecule has 0 saturated carbocycles. The lowest BCUT2D eigenvalue weighted by atomic mass is 9.72. The molecule has 0 N–H and O–H groups in total. The Morgan fingerprint density at radius 3 is 2.38 bits per heavy atom. The van der Waals surface area contributed by atoms with Crippen molar-refractivity contribution in [1.29, 1.82) is 0 Å². The molecule has 0 unspecified atom stereocenters. The molecule has 0 atom stereocenters. The summed E-state index contributed by atoms with van der Waals surface area (Å²) in [6.07, 6.45) is 7.38. The van der Waals surface area contributed by atoms with Gasteiger partial charge in [-0.05, 0) is 50.2 Å². The third-order valence-corrected chi connectivity index (χ3v) is 3.03. The van der Waals surface area contributed by atoms with E-state index in [0.717, 1.165) is 0 Å². The van der Waals surface area contributed by atoms with Gasteiger partial charge in [-0.15, -0.1) is 0 Å². The zero-order valence-electron chi connectivity index (χ0n) is 10.8. The number of hydrogen-bond donors (Lipinski definition) is 0. The van der Waals surface area contributed by atoms with Gasteiger partial charge in [-0.1, -0.05) is 25.5 Å². The summed E-state index contributed by atoms with van der Waals surface area (Å²) in [6.45, 7) is 10.3. The van der Waals surface area contributed by atoms with Crippen molar-refractivity contribution in [2.24, 2.45) is 5.41 Å². The molecule has 90 valence electrons. The van der Waals surface area contributed by atoms with Gasteiger partial charge in [0.15, 0.2) is 5.78 Å². The fraction of sp³-hybridized carbons (Fsp3) is 0.571. The third kappa shape index (κ3) is 4.13. The fourth-order valence-corrected chi connectivity index (χ4v) is 2.21. The normalized spacial score (nSPS) is 19.2. The molecule has 0 heterocycles. The van der Waals surface area contributed by atoms with Gasteiger partial charge in [0.25, 0.3) is 0 Å². The van der Waals surface area contributed by atoms with Gasteiger partial charge >= 0.3 is 0 Å². The number of ketones is 1. The van der Waals surface area contributed by atoms with Crippen LogP contribution in [0.4, 0.5) is 0 Å². The van der Waals surface area contributed by atoms with Crippen molar-refractivity contribution in [3.63, 3.8) is 0 Å². The standard InChI is InChI=1S/C13H20O.CH2O/c1-10-6-5-9-13(3,4)12(10)8-7-11(2)14;1-2/h7-8H,5-6,9H2,1-4H3;1H2. The lowest BCUT2D eigenvalue weighted by molar-refractivity contribution is -0.112. The molecule has 0 aromatic rings. The Kier molecular flexibility index (Phi) is 5.94. The van der Waals surface area contributed by atoms with Crippen LogP contribution in [0.2, 0.25) is 0 Å². The Labute approximate surface area is 98.4 Å². The van der Waals surface area contributed by atoms with Crippen LogP contribution in [-0.2, 0) is 9.59 Å². The van der Waals surface area contributed by atoms with E-state index in [9.17, 15) is 4.79 Å². The first kappa shape index (κ1) is 14.8. The number of rotatable bonds is 2. The van der Waals surface area contributed by atoms with E-state index < -0.39 is 0 Å². The molecule has 0 aromatic carbocycles. The first-order valence-corrected chi connectivity index (χ1v) is 5.61. The first-order chi connectivity index (χ1) is 7.43. The van der Waals surface area contributed by atoms with Gasteiger partial charge in [-0.25, -0.2) is 0 Å². The molecule has 0 aliphatic heterocycles. The molecule has 16 heavy (non-hydrogen) atoms. The summed E-state index contributed by atoms with van der Waals surface area (Å²) in [6, 6.07) is 0. The largest absolute Gasteiger partial charge is 0.307 e. The predicted octanol–water partition coefficient (Wildman–Crippen LogP) is 3.47. The van der Waals surface area contributed by atoms with Crippen molar-refractivity contribution in [2.75, 3.05) is 0 Å². The van der Waals surface area contributed by atoms with Gasteiger partial charge < -0.3 is 4.79 Å². The van der Waals surface area contributed by atoms with Crippen molar-refractivity contribution in [3.05, 3.63) is 23.3 Å². The minimum absolute atomic E-state index is 0.131. The van der Waals surface area contributed by atoms with Gasteiger partial charge in [0.2, 0.25) is 0 Å². The van der Waals surface area contributed by atoms with Crippen LogP contribution < -0.4 is 0 Å². The van der Waals surface area contributed by atoms with Crippen LogP contribution >= 0.6 is 0 Å². The van der Waals surface area contributed by atoms with Crippen molar-refractivity contribution in [3.8, 4) is 0 Å². The van der Waals surface area contributed by atoms with Gasteiger partial charge in [-0.3, -0.25) is 4.79 Å². The van der Waals surface area contributed by atoms with Crippen LogP contribution in [0.1, 0.15) is 47.0 Å². The van der Waals surface area contributed by atoms with Crippen molar-refractivity contribution in [1.82, 2.24) is 0 Å². The molecule has 1 aliphatic rings. The summed E-state index contributed by atoms with van der Waals surface area (Å²) in [5.74, 6) is 0.131. The van der Waals surface area contributed by atoms with Crippen LogP contribution in [0.5, 0.6) is 0 Å². The summed E-state index contributed by atoms with van der Waals surface area (Å²) < 4.78 is 0. The maximum Gasteiger partial charge on any atom is 0.152 e. The Balaban J connectivity index is 0.00000106. The Morgan fingerprint density at radius 1 is 1.38 bits per heavy atom. The topological polar surface area (TPSA) is 34.1 Å². The van der Waals surface area contributed by atoms with E-state index in [0.29, 0.717) is 0 Å². The maximum absolute atomic E-state index is 10.9. The Bertz CT molecular complexity index is 309. The van der Waals surface area contributed by atoms with E-state index >= 15 is 0 Å². The molecule has 0 aromatic heterocycles. The molecule has 0 amide bonds. The maximum atomic E-state index is 10.9. The molecule has 0 fully saturated rings. The highest BCUT2D eigenvalue weighted by atomic mass is 16.1. The van der Waals surface area contributed by atoms with E-state index in [-0.39, 0.29) is 11.2 Å². The van der Waals surface area contributed by atoms with Crippen LogP contribution in [0.25, 0.3) is 0 Å². The molecule has 0 bridgehead atoms. The quantitative estimate of drug-likeness (QED) is 0.670. The lowest BCUT2D eigenvalue weighted by Crippen LogP contribution is -2.19. The molecular formula is C14H22O2. The average Bonchev–Trinajstić information content (AvgIpc) is 2.18. The molecule has 0 spiro atoms. The molecule has 1 rings (SSSR count). The van der Waals surface area contributed by atoms with Gasteiger partial charge in [0, 0.05) is 0 Å². The van der Waals surface area contributed by atoms with Crippen LogP contribution in [0.3, 0.4) is 0 Å².